The minimum atomic E-state index is -3.91. The Labute approximate surface area is 305 Å². The molecule has 4 amide bonds. The quantitative estimate of drug-likeness (QED) is 0.285. The molecule has 0 spiro atoms. The fourth-order valence-electron chi connectivity index (χ4n) is 7.03. The topological polar surface area (TPSA) is 203 Å². The Morgan fingerprint density at radius 3 is 2.68 bits per heavy atom. The summed E-state index contributed by atoms with van der Waals surface area (Å²) in [6.45, 7) is 1.78. The highest BCUT2D eigenvalue weighted by atomic mass is 32.2. The lowest BCUT2D eigenvalue weighted by Gasteiger charge is -2.29. The monoisotopic (exact) mass is 748 g/mol. The van der Waals surface area contributed by atoms with Gasteiger partial charge < -0.3 is 20.3 Å². The molecule has 17 heteroatoms. The van der Waals surface area contributed by atoms with E-state index in [4.69, 9.17) is 4.74 Å². The van der Waals surface area contributed by atoms with Gasteiger partial charge in [-0.3, -0.25) is 28.9 Å². The number of aromatic nitrogens is 4. The van der Waals surface area contributed by atoms with Crippen LogP contribution in [-0.2, 0) is 30.8 Å². The molecule has 3 N–H and O–H groups in total. The smallest absolute Gasteiger partial charge is 0.272 e. The summed E-state index contributed by atoms with van der Waals surface area (Å²) in [7, 11) is -3.91. The van der Waals surface area contributed by atoms with Crippen LogP contribution >= 0.6 is 0 Å². The molecule has 2 aliphatic heterocycles. The zero-order chi connectivity index (χ0) is 37.3. The Bertz CT molecular complexity index is 2060. The molecule has 5 unspecified atom stereocenters. The van der Waals surface area contributed by atoms with Crippen molar-refractivity contribution in [3.05, 3.63) is 66.1 Å². The van der Waals surface area contributed by atoms with Crippen LogP contribution in [0.2, 0.25) is 0 Å². The van der Waals surface area contributed by atoms with E-state index in [2.05, 4.69) is 35.3 Å². The minimum Gasteiger partial charge on any atom is -0.471 e. The largest absolute Gasteiger partial charge is 0.471 e. The molecule has 2 saturated carbocycles. The van der Waals surface area contributed by atoms with Crippen molar-refractivity contribution in [2.45, 2.75) is 100 Å². The third-order valence-corrected chi connectivity index (χ3v) is 12.0. The van der Waals surface area contributed by atoms with Crippen LogP contribution in [-0.4, -0.2) is 92.4 Å². The van der Waals surface area contributed by atoms with Crippen molar-refractivity contribution in [3.8, 4) is 5.88 Å². The van der Waals surface area contributed by atoms with Gasteiger partial charge in [0.2, 0.25) is 27.7 Å². The number of fused-ring (bicyclic) bond motifs is 3. The van der Waals surface area contributed by atoms with Crippen molar-refractivity contribution < 1.29 is 36.7 Å². The number of hydrogen-bond donors (Lipinski definition) is 3. The maximum atomic E-state index is 14.5. The highest BCUT2D eigenvalue weighted by Gasteiger charge is 2.62. The molecule has 0 bridgehead atoms. The molecule has 1 aromatic carbocycles. The first-order valence-corrected chi connectivity index (χ1v) is 19.6. The number of rotatable bonds is 8. The molecular formula is C36H41FN8O7S. The van der Waals surface area contributed by atoms with Crippen molar-refractivity contribution in [3.63, 3.8) is 0 Å². The number of nitrogens with zero attached hydrogens (tertiary/aromatic N) is 5. The number of halogens is 1. The van der Waals surface area contributed by atoms with Crippen LogP contribution in [0.3, 0.4) is 0 Å². The minimum absolute atomic E-state index is 0.0190. The Morgan fingerprint density at radius 2 is 1.92 bits per heavy atom. The summed E-state index contributed by atoms with van der Waals surface area (Å²) >= 11 is 0. The summed E-state index contributed by atoms with van der Waals surface area (Å²) in [4.78, 5) is 74.2. The average molecular weight is 749 g/mol. The second-order valence-electron chi connectivity index (χ2n) is 14.1. The van der Waals surface area contributed by atoms with Gasteiger partial charge >= 0.3 is 0 Å². The molecule has 2 aliphatic carbocycles. The first kappa shape index (κ1) is 36.3. The Balaban J connectivity index is 1.20. The molecule has 5 atom stereocenters. The summed E-state index contributed by atoms with van der Waals surface area (Å²) in [6, 6.07) is 1.84. The fourth-order valence-corrected chi connectivity index (χ4v) is 8.39. The van der Waals surface area contributed by atoms with Crippen molar-refractivity contribution in [1.29, 1.82) is 0 Å². The first-order chi connectivity index (χ1) is 25.5. The lowest BCUT2D eigenvalue weighted by Crippen LogP contribution is -2.58. The van der Waals surface area contributed by atoms with E-state index in [1.807, 2.05) is 19.1 Å². The number of sulfonamides is 1. The number of aryl methyl sites for hydroxylation is 1. The van der Waals surface area contributed by atoms with Crippen molar-refractivity contribution in [1.82, 2.24) is 40.2 Å². The Morgan fingerprint density at radius 1 is 1.09 bits per heavy atom. The zero-order valence-electron chi connectivity index (χ0n) is 29.2. The molecule has 0 radical (unpaired) electrons. The molecule has 4 heterocycles. The average Bonchev–Trinajstić information content (AvgIpc) is 4.07. The lowest BCUT2D eigenvalue weighted by atomic mass is 10.0. The van der Waals surface area contributed by atoms with Crippen LogP contribution in [0.5, 0.6) is 5.88 Å². The van der Waals surface area contributed by atoms with Gasteiger partial charge in [-0.05, 0) is 57.1 Å². The molecule has 53 heavy (non-hydrogen) atoms. The predicted octanol–water partition coefficient (Wildman–Crippen LogP) is 2.27. The maximum Gasteiger partial charge on any atom is 0.272 e. The molecule has 3 aromatic rings. The van der Waals surface area contributed by atoms with E-state index in [9.17, 15) is 32.0 Å². The van der Waals surface area contributed by atoms with Crippen molar-refractivity contribution in [2.75, 3.05) is 6.54 Å². The van der Waals surface area contributed by atoms with E-state index < -0.39 is 74.4 Å². The fraction of sp³-hybridized carbons (Fsp3) is 0.500. The van der Waals surface area contributed by atoms with E-state index in [0.717, 1.165) is 12.8 Å². The number of amides is 4. The Kier molecular flexibility index (Phi) is 10.1. The van der Waals surface area contributed by atoms with Gasteiger partial charge in [0.15, 0.2) is 0 Å². The number of carbonyl (C=O) groups is 4. The number of ether oxygens (including phenoxy) is 1. The predicted molar refractivity (Wildman–Crippen MR) is 188 cm³/mol. The normalized spacial score (nSPS) is 27.0. The van der Waals surface area contributed by atoms with Crippen LogP contribution in [0.4, 0.5) is 4.39 Å². The SMILES string of the molecule is CCc1nc2ccc(F)cc2nc1OC1CC2C(=O)NC3(C(=O)NS(=O)(=O)C4CC4)CC3/C=C\CCCCCC(NC(=O)c3cnccn3)C(=O)N2C1. The summed E-state index contributed by atoms with van der Waals surface area (Å²) in [6.07, 6.45) is 11.6. The van der Waals surface area contributed by atoms with Gasteiger partial charge in [0.1, 0.15) is 40.9 Å². The number of allylic oxidation sites excluding steroid dienone is 1. The molecule has 2 aromatic heterocycles. The van der Waals surface area contributed by atoms with E-state index in [1.54, 1.807) is 0 Å². The summed E-state index contributed by atoms with van der Waals surface area (Å²) in [5, 5.41) is 4.98. The van der Waals surface area contributed by atoms with Crippen LogP contribution < -0.4 is 20.1 Å². The van der Waals surface area contributed by atoms with Crippen LogP contribution in [0.15, 0.2) is 48.9 Å². The van der Waals surface area contributed by atoms with Crippen LogP contribution in [0.1, 0.15) is 80.9 Å². The third-order valence-electron chi connectivity index (χ3n) is 10.2. The van der Waals surface area contributed by atoms with Gasteiger partial charge in [0.05, 0.1) is 29.0 Å². The second-order valence-corrected chi connectivity index (χ2v) is 16.0. The van der Waals surface area contributed by atoms with Crippen molar-refractivity contribution >= 4 is 44.7 Å². The van der Waals surface area contributed by atoms with Crippen LogP contribution in [0, 0.1) is 11.7 Å². The second kappa shape index (κ2) is 14.8. The van der Waals surface area contributed by atoms with E-state index in [1.165, 1.54) is 41.7 Å². The molecule has 1 saturated heterocycles. The number of carbonyl (C=O) groups excluding carboxylic acids is 4. The molecular weight excluding hydrogens is 708 g/mol. The molecule has 280 valence electrons. The van der Waals surface area contributed by atoms with Gasteiger partial charge in [0, 0.05) is 30.8 Å². The standard InChI is InChI=1S/C36H41FN8O7S/c1-2-25-33(42-28-16-22(37)10-13-26(28)40-25)52-23-17-30-32(47)43-36(35(49)44-53(50,51)24-11-12-24)18-21(36)8-6-4-3-5-7-9-27(34(48)45(30)20-23)41-31(46)29-19-38-14-15-39-29/h6,8,10,13-16,19,21,23-24,27,30H,2-5,7,9,11-12,17-18,20H2,1H3,(H,41,46)(H,43,47)(H,44,49)/b8-6-. The number of benzene rings is 1. The first-order valence-electron chi connectivity index (χ1n) is 18.0. The number of hydrogen-bond acceptors (Lipinski definition) is 11. The van der Waals surface area contributed by atoms with Gasteiger partial charge in [-0.15, -0.1) is 0 Å². The molecule has 4 aliphatic rings. The van der Waals surface area contributed by atoms with E-state index in [-0.39, 0.29) is 42.9 Å². The Hall–Kier alpha value is -5.06. The zero-order valence-corrected chi connectivity index (χ0v) is 30.0. The van der Waals surface area contributed by atoms with Gasteiger partial charge in [0.25, 0.3) is 11.8 Å². The van der Waals surface area contributed by atoms with Crippen LogP contribution in [0.25, 0.3) is 11.0 Å². The highest BCUT2D eigenvalue weighted by molar-refractivity contribution is 7.91. The summed E-state index contributed by atoms with van der Waals surface area (Å²) < 4.78 is 48.2. The summed E-state index contributed by atoms with van der Waals surface area (Å²) in [5.41, 5.74) is -0.269. The molecule has 15 nitrogen and oxygen atoms in total. The van der Waals surface area contributed by atoms with Gasteiger partial charge in [-0.1, -0.05) is 31.9 Å². The molecule has 7 rings (SSSR count). The van der Waals surface area contributed by atoms with E-state index in [0.29, 0.717) is 43.3 Å². The maximum absolute atomic E-state index is 14.5. The highest BCUT2D eigenvalue weighted by Crippen LogP contribution is 2.46. The summed E-state index contributed by atoms with van der Waals surface area (Å²) in [5.74, 6) is -3.45. The van der Waals surface area contributed by atoms with Gasteiger partial charge in [-0.2, -0.15) is 0 Å². The molecule has 3 fully saturated rings. The lowest BCUT2D eigenvalue weighted by molar-refractivity contribution is -0.141. The third kappa shape index (κ3) is 7.84. The number of nitrogens with one attached hydrogen (secondary N) is 3. The van der Waals surface area contributed by atoms with Crippen molar-refractivity contribution in [2.24, 2.45) is 5.92 Å². The van der Waals surface area contributed by atoms with E-state index >= 15 is 0 Å². The van der Waals surface area contributed by atoms with Gasteiger partial charge in [-0.25, -0.2) is 27.8 Å².